The number of carbonyl (C=O) groups is 1. The van der Waals surface area contributed by atoms with Crippen LogP contribution in [0.2, 0.25) is 0 Å². The van der Waals surface area contributed by atoms with Gasteiger partial charge in [-0.05, 0) is 42.0 Å². The first kappa shape index (κ1) is 13.1. The van der Waals surface area contributed by atoms with Crippen LogP contribution in [0.25, 0.3) is 0 Å². The molecule has 0 bridgehead atoms. The van der Waals surface area contributed by atoms with Gasteiger partial charge in [-0.2, -0.15) is 0 Å². The Labute approximate surface area is 111 Å². The van der Waals surface area contributed by atoms with Crippen LogP contribution in [0.15, 0.2) is 48.5 Å². The van der Waals surface area contributed by atoms with Gasteiger partial charge in [0.2, 0.25) is 0 Å². The van der Waals surface area contributed by atoms with Gasteiger partial charge >= 0.3 is 0 Å². The van der Waals surface area contributed by atoms with E-state index in [4.69, 9.17) is 9.84 Å². The van der Waals surface area contributed by atoms with Gasteiger partial charge in [0, 0.05) is 18.4 Å². The van der Waals surface area contributed by atoms with E-state index in [1.54, 1.807) is 31.4 Å². The number of aromatic hydroxyl groups is 1. The van der Waals surface area contributed by atoms with Crippen molar-refractivity contribution in [2.75, 3.05) is 12.4 Å². The largest absolute Gasteiger partial charge is 0.508 e. The van der Waals surface area contributed by atoms with Crippen LogP contribution in [0.3, 0.4) is 0 Å². The summed E-state index contributed by atoms with van der Waals surface area (Å²) in [7, 11) is 1.63. The summed E-state index contributed by atoms with van der Waals surface area (Å²) in [6.07, 6.45) is 0. The molecule has 0 atom stereocenters. The Morgan fingerprint density at radius 2 is 1.74 bits per heavy atom. The Morgan fingerprint density at radius 3 is 2.32 bits per heavy atom. The van der Waals surface area contributed by atoms with Gasteiger partial charge in [0.25, 0.3) is 5.91 Å². The Hall–Kier alpha value is -2.33. The molecule has 4 nitrogen and oxygen atoms in total. The van der Waals surface area contributed by atoms with Gasteiger partial charge in [-0.3, -0.25) is 4.79 Å². The van der Waals surface area contributed by atoms with Gasteiger partial charge < -0.3 is 15.2 Å². The second-order valence-corrected chi connectivity index (χ2v) is 4.13. The van der Waals surface area contributed by atoms with Crippen molar-refractivity contribution in [3.8, 4) is 5.75 Å². The molecule has 0 aromatic heterocycles. The molecule has 98 valence electrons. The monoisotopic (exact) mass is 257 g/mol. The highest BCUT2D eigenvalue weighted by molar-refractivity contribution is 6.04. The summed E-state index contributed by atoms with van der Waals surface area (Å²) in [4.78, 5) is 12.0. The van der Waals surface area contributed by atoms with Gasteiger partial charge in [0.15, 0.2) is 0 Å². The van der Waals surface area contributed by atoms with Crippen LogP contribution < -0.4 is 5.32 Å². The summed E-state index contributed by atoms with van der Waals surface area (Å²) >= 11 is 0. The van der Waals surface area contributed by atoms with E-state index in [1.807, 2.05) is 12.1 Å². The molecule has 0 aliphatic rings. The highest BCUT2D eigenvalue weighted by Crippen LogP contribution is 2.15. The van der Waals surface area contributed by atoms with Crippen molar-refractivity contribution in [2.24, 2.45) is 0 Å². The first-order chi connectivity index (χ1) is 9.19. The predicted molar refractivity (Wildman–Crippen MR) is 73.2 cm³/mol. The average molecular weight is 257 g/mol. The summed E-state index contributed by atoms with van der Waals surface area (Å²) < 4.78 is 5.01. The molecule has 0 saturated heterocycles. The van der Waals surface area contributed by atoms with Crippen molar-refractivity contribution in [3.63, 3.8) is 0 Å². The minimum atomic E-state index is -0.186. The quantitative estimate of drug-likeness (QED) is 0.828. The van der Waals surface area contributed by atoms with Gasteiger partial charge in [0.05, 0.1) is 6.61 Å². The van der Waals surface area contributed by atoms with Gasteiger partial charge in [-0.15, -0.1) is 0 Å². The Morgan fingerprint density at radius 1 is 1.11 bits per heavy atom. The fourth-order valence-corrected chi connectivity index (χ4v) is 1.67. The first-order valence-corrected chi connectivity index (χ1v) is 5.87. The molecule has 0 heterocycles. The highest BCUT2D eigenvalue weighted by atomic mass is 16.5. The topological polar surface area (TPSA) is 58.6 Å². The predicted octanol–water partition coefficient (Wildman–Crippen LogP) is 2.79. The van der Waals surface area contributed by atoms with Gasteiger partial charge in [0.1, 0.15) is 5.75 Å². The molecule has 0 fully saturated rings. The van der Waals surface area contributed by atoms with E-state index < -0.39 is 0 Å². The van der Waals surface area contributed by atoms with Crippen molar-refractivity contribution in [1.82, 2.24) is 0 Å². The number of methoxy groups -OCH3 is 1. The third-order valence-electron chi connectivity index (χ3n) is 2.65. The Bertz CT molecular complexity index is 547. The third kappa shape index (κ3) is 3.56. The summed E-state index contributed by atoms with van der Waals surface area (Å²) in [6.45, 7) is 0.528. The minimum Gasteiger partial charge on any atom is -0.508 e. The van der Waals surface area contributed by atoms with Crippen LogP contribution in [-0.4, -0.2) is 18.1 Å². The van der Waals surface area contributed by atoms with E-state index in [2.05, 4.69) is 5.32 Å². The second-order valence-electron chi connectivity index (χ2n) is 4.13. The molecule has 2 aromatic rings. The van der Waals surface area contributed by atoms with Crippen LogP contribution in [0, 0.1) is 0 Å². The fourth-order valence-electron chi connectivity index (χ4n) is 1.67. The number of phenolic OH excluding ortho intramolecular Hbond substituents is 1. The zero-order valence-electron chi connectivity index (χ0n) is 10.6. The summed E-state index contributed by atoms with van der Waals surface area (Å²) in [5.41, 5.74) is 2.24. The van der Waals surface area contributed by atoms with Crippen LogP contribution >= 0.6 is 0 Å². The van der Waals surface area contributed by atoms with Crippen molar-refractivity contribution in [1.29, 1.82) is 0 Å². The van der Waals surface area contributed by atoms with Crippen LogP contribution in [0.4, 0.5) is 5.69 Å². The maximum Gasteiger partial charge on any atom is 0.255 e. The molecule has 2 aromatic carbocycles. The lowest BCUT2D eigenvalue weighted by Gasteiger charge is -2.06. The van der Waals surface area contributed by atoms with Crippen LogP contribution in [-0.2, 0) is 11.3 Å². The number of phenols is 1. The molecule has 0 unspecified atom stereocenters. The lowest BCUT2D eigenvalue weighted by atomic mass is 10.1. The molecule has 0 radical (unpaired) electrons. The zero-order valence-corrected chi connectivity index (χ0v) is 10.6. The molecule has 1 amide bonds. The zero-order chi connectivity index (χ0) is 13.7. The Kier molecular flexibility index (Phi) is 4.15. The fraction of sp³-hybridized carbons (Fsp3) is 0.133. The molecule has 0 aliphatic heterocycles. The lowest BCUT2D eigenvalue weighted by molar-refractivity contribution is 0.102. The van der Waals surface area contributed by atoms with Crippen LogP contribution in [0.5, 0.6) is 5.75 Å². The molecule has 0 saturated carbocycles. The number of amides is 1. The number of benzene rings is 2. The maximum atomic E-state index is 12.0. The number of rotatable bonds is 4. The number of hydrogen-bond acceptors (Lipinski definition) is 3. The van der Waals surface area contributed by atoms with Crippen molar-refractivity contribution >= 4 is 11.6 Å². The Balaban J connectivity index is 2.05. The van der Waals surface area contributed by atoms with E-state index in [1.165, 1.54) is 12.1 Å². The molecule has 4 heteroatoms. The average Bonchev–Trinajstić information content (AvgIpc) is 2.42. The minimum absolute atomic E-state index is 0.168. The SMILES string of the molecule is COCc1ccc(C(=O)Nc2ccc(O)cc2)cc1. The summed E-state index contributed by atoms with van der Waals surface area (Å²) in [5.74, 6) is -0.0171. The number of anilines is 1. The van der Waals surface area contributed by atoms with Gasteiger partial charge in [-0.25, -0.2) is 0 Å². The highest BCUT2D eigenvalue weighted by Gasteiger charge is 2.05. The smallest absolute Gasteiger partial charge is 0.255 e. The normalized spacial score (nSPS) is 10.2. The van der Waals surface area contributed by atoms with Crippen molar-refractivity contribution in [3.05, 3.63) is 59.7 Å². The van der Waals surface area contributed by atoms with Gasteiger partial charge in [-0.1, -0.05) is 12.1 Å². The number of ether oxygens (including phenoxy) is 1. The molecule has 19 heavy (non-hydrogen) atoms. The molecular formula is C15H15NO3. The molecule has 0 spiro atoms. The van der Waals surface area contributed by atoms with E-state index >= 15 is 0 Å². The second kappa shape index (κ2) is 6.02. The lowest BCUT2D eigenvalue weighted by Crippen LogP contribution is -2.11. The number of carbonyl (C=O) groups excluding carboxylic acids is 1. The third-order valence-corrected chi connectivity index (χ3v) is 2.65. The van der Waals surface area contributed by atoms with E-state index in [9.17, 15) is 4.79 Å². The van der Waals surface area contributed by atoms with Crippen molar-refractivity contribution < 1.29 is 14.6 Å². The number of nitrogens with one attached hydrogen (secondary N) is 1. The molecular weight excluding hydrogens is 242 g/mol. The van der Waals surface area contributed by atoms with E-state index in [0.29, 0.717) is 17.9 Å². The number of hydrogen-bond donors (Lipinski definition) is 2. The molecule has 2 rings (SSSR count). The standard InChI is InChI=1S/C15H15NO3/c1-19-10-11-2-4-12(5-3-11)15(18)16-13-6-8-14(17)9-7-13/h2-9,17H,10H2,1H3,(H,16,18). The summed E-state index contributed by atoms with van der Waals surface area (Å²) in [5, 5.41) is 11.9. The van der Waals surface area contributed by atoms with E-state index in [-0.39, 0.29) is 11.7 Å². The first-order valence-electron chi connectivity index (χ1n) is 5.87. The maximum absolute atomic E-state index is 12.0. The summed E-state index contributed by atoms with van der Waals surface area (Å²) in [6, 6.07) is 13.6. The molecule has 2 N–H and O–H groups in total. The van der Waals surface area contributed by atoms with E-state index in [0.717, 1.165) is 5.56 Å². The van der Waals surface area contributed by atoms with Crippen molar-refractivity contribution in [2.45, 2.75) is 6.61 Å². The van der Waals surface area contributed by atoms with Crippen LogP contribution in [0.1, 0.15) is 15.9 Å². The molecule has 0 aliphatic carbocycles.